The summed E-state index contributed by atoms with van der Waals surface area (Å²) < 4.78 is 22.0. The summed E-state index contributed by atoms with van der Waals surface area (Å²) in [5.41, 5.74) is 8.24. The van der Waals surface area contributed by atoms with Crippen molar-refractivity contribution in [2.24, 2.45) is 5.73 Å². The molecule has 34 heavy (non-hydrogen) atoms. The van der Waals surface area contributed by atoms with E-state index in [2.05, 4.69) is 26.0 Å². The second-order valence-electron chi connectivity index (χ2n) is 7.16. The van der Waals surface area contributed by atoms with Gasteiger partial charge in [-0.25, -0.2) is 19.7 Å². The lowest BCUT2D eigenvalue weighted by Crippen LogP contribution is -2.27. The topological polar surface area (TPSA) is 158 Å². The molecule has 2 aliphatic heterocycles. The maximum Gasteiger partial charge on any atom is 0.338 e. The molecule has 3 aromatic rings. The quantitative estimate of drug-likeness (QED) is 0.304. The number of allylic oxidation sites excluding steroid dienone is 1. The Bertz CT molecular complexity index is 1390. The van der Waals surface area contributed by atoms with Crippen molar-refractivity contribution in [1.82, 2.24) is 19.9 Å². The summed E-state index contributed by atoms with van der Waals surface area (Å²) in [6.07, 6.45) is 2.94. The number of ether oxygens (including phenoxy) is 4. The smallest absolute Gasteiger partial charge is 0.338 e. The molecule has 2 aromatic heterocycles. The summed E-state index contributed by atoms with van der Waals surface area (Å²) in [5, 5.41) is 10.5. The fourth-order valence-electron chi connectivity index (χ4n) is 3.77. The van der Waals surface area contributed by atoms with Gasteiger partial charge in [-0.1, -0.05) is 17.8 Å². The van der Waals surface area contributed by atoms with Crippen LogP contribution in [0.1, 0.15) is 18.4 Å². The van der Waals surface area contributed by atoms with Gasteiger partial charge in [-0.15, -0.1) is 0 Å². The summed E-state index contributed by atoms with van der Waals surface area (Å²) in [6.45, 7) is 1.95. The summed E-state index contributed by atoms with van der Waals surface area (Å²) in [6, 6.07) is 7.30. The van der Waals surface area contributed by atoms with Crippen molar-refractivity contribution in [3.63, 3.8) is 0 Å². The molecule has 0 saturated heterocycles. The Balaban J connectivity index is 1.58. The van der Waals surface area contributed by atoms with Crippen molar-refractivity contribution < 1.29 is 23.7 Å². The minimum Gasteiger partial charge on any atom is -0.463 e. The van der Waals surface area contributed by atoms with Crippen LogP contribution in [-0.4, -0.2) is 45.1 Å². The van der Waals surface area contributed by atoms with E-state index in [1.54, 1.807) is 25.1 Å². The average molecular weight is 478 g/mol. The highest BCUT2D eigenvalue weighted by Gasteiger charge is 2.38. The number of nitrogens with one attached hydrogen (secondary N) is 1. The molecule has 1 aromatic carbocycles. The van der Waals surface area contributed by atoms with E-state index in [0.29, 0.717) is 33.3 Å². The van der Waals surface area contributed by atoms with Crippen molar-refractivity contribution in [1.29, 1.82) is 5.26 Å². The molecule has 4 heterocycles. The number of aromatic nitrogens is 4. The third kappa shape index (κ3) is 3.75. The molecule has 11 nitrogen and oxygen atoms in total. The van der Waals surface area contributed by atoms with Crippen LogP contribution in [0.25, 0.3) is 11.2 Å². The average Bonchev–Trinajstić information content (AvgIpc) is 3.51. The van der Waals surface area contributed by atoms with Crippen molar-refractivity contribution in [3.8, 4) is 17.6 Å². The van der Waals surface area contributed by atoms with E-state index in [1.165, 1.54) is 24.4 Å². The molecule has 0 radical (unpaired) electrons. The van der Waals surface area contributed by atoms with E-state index in [1.807, 2.05) is 0 Å². The van der Waals surface area contributed by atoms with Crippen LogP contribution in [0.4, 0.5) is 0 Å². The lowest BCUT2D eigenvalue weighted by Gasteiger charge is -2.28. The van der Waals surface area contributed by atoms with Gasteiger partial charge in [-0.05, 0) is 24.6 Å². The van der Waals surface area contributed by atoms with Gasteiger partial charge < -0.3 is 29.7 Å². The van der Waals surface area contributed by atoms with Gasteiger partial charge in [0.15, 0.2) is 17.1 Å². The van der Waals surface area contributed by atoms with Crippen LogP contribution in [0.15, 0.2) is 58.7 Å². The van der Waals surface area contributed by atoms with Gasteiger partial charge in [0.25, 0.3) is 0 Å². The van der Waals surface area contributed by atoms with Crippen LogP contribution in [0.3, 0.4) is 0 Å². The number of carbonyl (C=O) groups excluding carboxylic acids is 1. The molecule has 0 bridgehead atoms. The number of H-pyrrole nitrogens is 1. The van der Waals surface area contributed by atoms with Gasteiger partial charge in [0.05, 0.1) is 30.2 Å². The Morgan fingerprint density at radius 1 is 1.32 bits per heavy atom. The molecule has 5 rings (SSSR count). The predicted octanol–water partition coefficient (Wildman–Crippen LogP) is 2.50. The van der Waals surface area contributed by atoms with Crippen molar-refractivity contribution in [3.05, 3.63) is 59.2 Å². The van der Waals surface area contributed by atoms with E-state index >= 15 is 0 Å². The third-order valence-corrected chi connectivity index (χ3v) is 6.24. The van der Waals surface area contributed by atoms with Crippen LogP contribution < -0.4 is 15.2 Å². The number of aromatic amines is 1. The number of hydrogen-bond donors (Lipinski definition) is 2. The van der Waals surface area contributed by atoms with E-state index in [0.717, 1.165) is 0 Å². The molecule has 0 aliphatic carbocycles. The molecule has 172 valence electrons. The number of thioether (sulfide) groups is 1. The van der Waals surface area contributed by atoms with Gasteiger partial charge in [0, 0.05) is 0 Å². The largest absolute Gasteiger partial charge is 0.463 e. The minimum atomic E-state index is -0.805. The molecule has 0 saturated carbocycles. The lowest BCUT2D eigenvalue weighted by atomic mass is 9.83. The maximum absolute atomic E-state index is 13.1. The molecule has 1 unspecified atom stereocenters. The fraction of sp³-hybridized carbons (Fsp3) is 0.227. The molecular weight excluding hydrogens is 460 g/mol. The predicted molar refractivity (Wildman–Crippen MR) is 119 cm³/mol. The number of imidazole rings is 1. The normalized spacial score (nSPS) is 17.0. The third-order valence-electron chi connectivity index (χ3n) is 5.25. The maximum atomic E-state index is 13.1. The summed E-state index contributed by atoms with van der Waals surface area (Å²) in [5.74, 6) is 0.0744. The highest BCUT2D eigenvalue weighted by atomic mass is 32.2. The van der Waals surface area contributed by atoms with Crippen LogP contribution in [0.5, 0.6) is 11.5 Å². The molecule has 1 atom stereocenters. The van der Waals surface area contributed by atoms with Gasteiger partial charge in [-0.3, -0.25) is 0 Å². The highest BCUT2D eigenvalue weighted by molar-refractivity contribution is 7.99. The number of benzene rings is 1. The number of rotatable bonds is 6. The first-order chi connectivity index (χ1) is 16.6. The van der Waals surface area contributed by atoms with Gasteiger partial charge in [-0.2, -0.15) is 5.26 Å². The van der Waals surface area contributed by atoms with Crippen LogP contribution in [-0.2, 0) is 14.3 Å². The zero-order chi connectivity index (χ0) is 23.7. The van der Waals surface area contributed by atoms with Crippen molar-refractivity contribution >= 4 is 28.9 Å². The molecule has 2 aliphatic rings. The van der Waals surface area contributed by atoms with Crippen LogP contribution in [0.2, 0.25) is 0 Å². The highest BCUT2D eigenvalue weighted by Crippen LogP contribution is 2.44. The number of hydrogen-bond acceptors (Lipinski definition) is 11. The Labute approximate surface area is 197 Å². The van der Waals surface area contributed by atoms with E-state index in [-0.39, 0.29) is 41.9 Å². The standard InChI is InChI=1S/C22H18N6O5S/c1-2-30-22(29)17-15(7-34-21-18-20(26-8-25-18)27-9-28-21)33-19(24)12(6-23)16(17)11-3-4-13-14(5-11)32-10-31-13/h3-5,8-9,16H,2,7,10,24H2,1H3,(H,25,26,27,28). The lowest BCUT2D eigenvalue weighted by molar-refractivity contribution is -0.139. The Hall–Kier alpha value is -4.24. The number of esters is 1. The Kier molecular flexibility index (Phi) is 5.69. The Morgan fingerprint density at radius 3 is 3.00 bits per heavy atom. The molecule has 0 amide bonds. The Morgan fingerprint density at radius 2 is 2.18 bits per heavy atom. The zero-order valence-corrected chi connectivity index (χ0v) is 18.7. The fourth-order valence-corrected chi connectivity index (χ4v) is 4.67. The van der Waals surface area contributed by atoms with Crippen LogP contribution >= 0.6 is 11.8 Å². The van der Waals surface area contributed by atoms with Crippen molar-refractivity contribution in [2.45, 2.75) is 17.9 Å². The molecule has 0 fully saturated rings. The van der Waals surface area contributed by atoms with Crippen molar-refractivity contribution in [2.75, 3.05) is 19.2 Å². The van der Waals surface area contributed by atoms with E-state index < -0.39 is 11.9 Å². The SMILES string of the molecule is CCOC(=O)C1=C(CSc2ncnc3nc[nH]c23)OC(N)=C(C#N)C1c1ccc2c(c1)OCO2. The van der Waals surface area contributed by atoms with Gasteiger partial charge >= 0.3 is 5.97 Å². The summed E-state index contributed by atoms with van der Waals surface area (Å²) in [4.78, 5) is 28.7. The van der Waals surface area contributed by atoms with Gasteiger partial charge in [0.1, 0.15) is 34.3 Å². The molecule has 0 spiro atoms. The number of nitrogens with zero attached hydrogens (tertiary/aromatic N) is 4. The number of nitrogens with two attached hydrogens (primary N) is 1. The monoisotopic (exact) mass is 478 g/mol. The van der Waals surface area contributed by atoms with E-state index in [4.69, 9.17) is 24.7 Å². The second kappa shape index (κ2) is 8.95. The molecule has 3 N–H and O–H groups in total. The first kappa shape index (κ1) is 21.6. The molecule has 12 heteroatoms. The van der Waals surface area contributed by atoms with E-state index in [9.17, 15) is 10.1 Å². The number of carbonyl (C=O) groups is 1. The first-order valence-electron chi connectivity index (χ1n) is 10.2. The second-order valence-corrected chi connectivity index (χ2v) is 8.13. The minimum absolute atomic E-state index is 0.0804. The number of fused-ring (bicyclic) bond motifs is 2. The summed E-state index contributed by atoms with van der Waals surface area (Å²) in [7, 11) is 0. The van der Waals surface area contributed by atoms with Gasteiger partial charge in [0.2, 0.25) is 12.7 Å². The zero-order valence-electron chi connectivity index (χ0n) is 17.9. The molecular formula is C22H18N6O5S. The number of nitriles is 1. The summed E-state index contributed by atoms with van der Waals surface area (Å²) >= 11 is 1.31. The van der Waals surface area contributed by atoms with Crippen LogP contribution in [0, 0.1) is 11.3 Å². The first-order valence-corrected chi connectivity index (χ1v) is 11.2.